The molecule has 5 heteroatoms. The van der Waals surface area contributed by atoms with Gasteiger partial charge < -0.3 is 9.47 Å². The second-order valence-corrected chi connectivity index (χ2v) is 6.49. The summed E-state index contributed by atoms with van der Waals surface area (Å²) in [6.45, 7) is 4.95. The molecule has 0 fully saturated rings. The standard InChI is InChI=1S/C22H22N4O/c1-17-6-7-18(2)26(17)21-10-8-20(9-11-21)22(27)25(14-4-12-23)16-19-5-3-13-24-15-19/h3,5-11,13,15H,4,14,16H2,1-2H3. The predicted molar refractivity (Wildman–Crippen MR) is 104 cm³/mol. The van der Waals surface area contributed by atoms with Gasteiger partial charge in [-0.25, -0.2) is 0 Å². The molecule has 0 aliphatic carbocycles. The number of hydrogen-bond donors (Lipinski definition) is 0. The molecule has 0 atom stereocenters. The highest BCUT2D eigenvalue weighted by Gasteiger charge is 2.16. The fourth-order valence-electron chi connectivity index (χ4n) is 3.16. The van der Waals surface area contributed by atoms with Gasteiger partial charge in [0, 0.05) is 48.1 Å². The monoisotopic (exact) mass is 358 g/mol. The van der Waals surface area contributed by atoms with Crippen molar-refractivity contribution in [2.45, 2.75) is 26.8 Å². The minimum Gasteiger partial charge on any atom is -0.333 e. The zero-order valence-electron chi connectivity index (χ0n) is 15.6. The van der Waals surface area contributed by atoms with E-state index in [1.807, 2.05) is 36.4 Å². The Hall–Kier alpha value is -3.39. The van der Waals surface area contributed by atoms with Crippen LogP contribution >= 0.6 is 0 Å². The van der Waals surface area contributed by atoms with Crippen LogP contribution in [-0.2, 0) is 6.54 Å². The Morgan fingerprint density at radius 3 is 2.41 bits per heavy atom. The van der Waals surface area contributed by atoms with Crippen LogP contribution in [0.2, 0.25) is 0 Å². The fourth-order valence-corrected chi connectivity index (χ4v) is 3.16. The van der Waals surface area contributed by atoms with E-state index >= 15 is 0 Å². The number of aryl methyl sites for hydroxylation is 2. The molecule has 0 aliphatic heterocycles. The van der Waals surface area contributed by atoms with Gasteiger partial charge in [0.25, 0.3) is 5.91 Å². The number of nitriles is 1. The molecule has 3 rings (SSSR count). The van der Waals surface area contributed by atoms with Crippen molar-refractivity contribution in [3.8, 4) is 11.8 Å². The lowest BCUT2D eigenvalue weighted by Crippen LogP contribution is -2.31. The fraction of sp³-hybridized carbons (Fsp3) is 0.227. The van der Waals surface area contributed by atoms with Gasteiger partial charge in [0.2, 0.25) is 0 Å². The average Bonchev–Trinajstić information content (AvgIpc) is 3.04. The molecule has 1 amide bonds. The van der Waals surface area contributed by atoms with Crippen LogP contribution in [0.3, 0.4) is 0 Å². The SMILES string of the molecule is Cc1ccc(C)n1-c1ccc(C(=O)N(CCC#N)Cc2cccnc2)cc1. The van der Waals surface area contributed by atoms with Crippen molar-refractivity contribution < 1.29 is 4.79 Å². The van der Waals surface area contributed by atoms with Gasteiger partial charge in [-0.1, -0.05) is 6.07 Å². The molecule has 0 aliphatic rings. The van der Waals surface area contributed by atoms with Crippen LogP contribution in [0.5, 0.6) is 0 Å². The minimum atomic E-state index is -0.0818. The van der Waals surface area contributed by atoms with E-state index in [1.165, 1.54) is 0 Å². The Labute approximate surface area is 159 Å². The molecule has 0 N–H and O–H groups in total. The van der Waals surface area contributed by atoms with Crippen molar-refractivity contribution >= 4 is 5.91 Å². The molecule has 0 unspecified atom stereocenters. The van der Waals surface area contributed by atoms with E-state index in [4.69, 9.17) is 5.26 Å². The van der Waals surface area contributed by atoms with Gasteiger partial charge in [-0.15, -0.1) is 0 Å². The molecule has 136 valence electrons. The number of carbonyl (C=O) groups is 1. The van der Waals surface area contributed by atoms with Crippen LogP contribution in [0.4, 0.5) is 0 Å². The smallest absolute Gasteiger partial charge is 0.254 e. The van der Waals surface area contributed by atoms with Gasteiger partial charge in [-0.05, 0) is 61.9 Å². The van der Waals surface area contributed by atoms with Crippen LogP contribution in [0.15, 0.2) is 60.9 Å². The van der Waals surface area contributed by atoms with E-state index in [9.17, 15) is 4.79 Å². The van der Waals surface area contributed by atoms with Crippen molar-refractivity contribution in [2.24, 2.45) is 0 Å². The number of nitrogens with zero attached hydrogens (tertiary/aromatic N) is 4. The van der Waals surface area contributed by atoms with Gasteiger partial charge >= 0.3 is 0 Å². The first-order valence-electron chi connectivity index (χ1n) is 8.90. The highest BCUT2D eigenvalue weighted by molar-refractivity contribution is 5.94. The van der Waals surface area contributed by atoms with Gasteiger partial charge in [-0.3, -0.25) is 9.78 Å². The maximum absolute atomic E-state index is 13.0. The quantitative estimate of drug-likeness (QED) is 0.668. The lowest BCUT2D eigenvalue weighted by Gasteiger charge is -2.22. The van der Waals surface area contributed by atoms with E-state index in [0.29, 0.717) is 25.1 Å². The third-order valence-corrected chi connectivity index (χ3v) is 4.52. The zero-order valence-corrected chi connectivity index (χ0v) is 15.6. The summed E-state index contributed by atoms with van der Waals surface area (Å²) in [5.74, 6) is -0.0818. The minimum absolute atomic E-state index is 0.0818. The summed E-state index contributed by atoms with van der Waals surface area (Å²) in [6.07, 6.45) is 3.74. The molecule has 2 heterocycles. The maximum atomic E-state index is 13.0. The Morgan fingerprint density at radius 1 is 1.11 bits per heavy atom. The molecule has 0 saturated carbocycles. The number of carbonyl (C=O) groups excluding carboxylic acids is 1. The van der Waals surface area contributed by atoms with E-state index in [-0.39, 0.29) is 5.91 Å². The first kappa shape index (κ1) is 18.4. The van der Waals surface area contributed by atoms with Crippen molar-refractivity contribution in [3.63, 3.8) is 0 Å². The summed E-state index contributed by atoms with van der Waals surface area (Å²) in [7, 11) is 0. The van der Waals surface area contributed by atoms with Crippen molar-refractivity contribution in [1.29, 1.82) is 5.26 Å². The van der Waals surface area contributed by atoms with E-state index in [0.717, 1.165) is 22.6 Å². The molecular weight excluding hydrogens is 336 g/mol. The predicted octanol–water partition coefficient (Wildman–Crippen LogP) is 4.05. The third-order valence-electron chi connectivity index (χ3n) is 4.52. The number of rotatable bonds is 6. The Kier molecular flexibility index (Phi) is 5.68. The van der Waals surface area contributed by atoms with Gasteiger partial charge in [-0.2, -0.15) is 5.26 Å². The summed E-state index contributed by atoms with van der Waals surface area (Å²) in [5, 5.41) is 8.92. The second-order valence-electron chi connectivity index (χ2n) is 6.49. The van der Waals surface area contributed by atoms with Crippen LogP contribution in [0.1, 0.15) is 33.7 Å². The van der Waals surface area contributed by atoms with Crippen LogP contribution < -0.4 is 0 Å². The highest BCUT2D eigenvalue weighted by Crippen LogP contribution is 2.18. The van der Waals surface area contributed by atoms with Crippen LogP contribution in [0.25, 0.3) is 5.69 Å². The first-order valence-corrected chi connectivity index (χ1v) is 8.90. The number of pyridine rings is 1. The Bertz CT molecular complexity index is 933. The topological polar surface area (TPSA) is 61.9 Å². The molecule has 5 nitrogen and oxygen atoms in total. The Balaban J connectivity index is 1.82. The van der Waals surface area contributed by atoms with E-state index in [2.05, 4.69) is 41.6 Å². The lowest BCUT2D eigenvalue weighted by atomic mass is 10.1. The van der Waals surface area contributed by atoms with Gasteiger partial charge in [0.05, 0.1) is 12.5 Å². The molecule has 0 radical (unpaired) electrons. The molecule has 3 aromatic rings. The lowest BCUT2D eigenvalue weighted by molar-refractivity contribution is 0.0747. The molecule has 2 aromatic heterocycles. The van der Waals surface area contributed by atoms with Gasteiger partial charge in [0.1, 0.15) is 0 Å². The molecule has 0 saturated heterocycles. The summed E-state index contributed by atoms with van der Waals surface area (Å²) < 4.78 is 2.15. The van der Waals surface area contributed by atoms with Gasteiger partial charge in [0.15, 0.2) is 0 Å². The van der Waals surface area contributed by atoms with Crippen molar-refractivity contribution in [3.05, 3.63) is 83.4 Å². The molecular formula is C22H22N4O. The van der Waals surface area contributed by atoms with Crippen LogP contribution in [0, 0.1) is 25.2 Å². The molecule has 27 heavy (non-hydrogen) atoms. The second kappa shape index (κ2) is 8.33. The third kappa shape index (κ3) is 4.24. The number of amides is 1. The van der Waals surface area contributed by atoms with Crippen LogP contribution in [-0.4, -0.2) is 26.9 Å². The Morgan fingerprint density at radius 2 is 1.81 bits per heavy atom. The summed E-state index contributed by atoms with van der Waals surface area (Å²) in [4.78, 5) is 18.8. The van der Waals surface area contributed by atoms with E-state index < -0.39 is 0 Å². The largest absolute Gasteiger partial charge is 0.333 e. The first-order chi connectivity index (χ1) is 13.1. The highest BCUT2D eigenvalue weighted by atomic mass is 16.2. The number of benzene rings is 1. The number of hydrogen-bond acceptors (Lipinski definition) is 3. The van der Waals surface area contributed by atoms with E-state index in [1.54, 1.807) is 17.3 Å². The molecule has 0 spiro atoms. The normalized spacial score (nSPS) is 10.4. The number of aromatic nitrogens is 2. The maximum Gasteiger partial charge on any atom is 0.254 e. The molecule has 1 aromatic carbocycles. The summed E-state index contributed by atoms with van der Waals surface area (Å²) in [6, 6.07) is 17.7. The summed E-state index contributed by atoms with van der Waals surface area (Å²) >= 11 is 0. The zero-order chi connectivity index (χ0) is 19.2. The summed E-state index contributed by atoms with van der Waals surface area (Å²) in [5.41, 5.74) is 4.89. The van der Waals surface area contributed by atoms with Crippen molar-refractivity contribution in [2.75, 3.05) is 6.54 Å². The average molecular weight is 358 g/mol. The van der Waals surface area contributed by atoms with Crippen molar-refractivity contribution in [1.82, 2.24) is 14.5 Å². The molecule has 0 bridgehead atoms.